The predicted octanol–water partition coefficient (Wildman–Crippen LogP) is 4.12. The fraction of sp³-hybridized carbons (Fsp3) is 0.350. The Labute approximate surface area is 160 Å². The summed E-state index contributed by atoms with van der Waals surface area (Å²) in [7, 11) is 0. The number of ether oxygens (including phenoxy) is 2. The van der Waals surface area contributed by atoms with Crippen molar-refractivity contribution in [2.24, 2.45) is 0 Å². The Morgan fingerprint density at radius 3 is 2.74 bits per heavy atom. The lowest BCUT2D eigenvalue weighted by Gasteiger charge is -2.16. The molecule has 0 spiro atoms. The second kappa shape index (κ2) is 7.92. The monoisotopic (exact) mass is 387 g/mol. The summed E-state index contributed by atoms with van der Waals surface area (Å²) in [6.45, 7) is 7.50. The first-order chi connectivity index (χ1) is 12.9. The molecular formula is C20H21NO5S. The minimum atomic E-state index is -0.753. The summed E-state index contributed by atoms with van der Waals surface area (Å²) in [4.78, 5) is 29.1. The molecule has 0 N–H and O–H groups in total. The number of hydrogen-bond donors (Lipinski definition) is 0. The number of carbonyl (C=O) groups is 1. The second-order valence-electron chi connectivity index (χ2n) is 6.09. The Bertz CT molecular complexity index is 1040. The molecule has 2 heterocycles. The minimum Gasteiger partial charge on any atom is -0.479 e. The normalized spacial score (nSPS) is 12.1. The average Bonchev–Trinajstić information content (AvgIpc) is 3.08. The largest absolute Gasteiger partial charge is 0.479 e. The van der Waals surface area contributed by atoms with Crippen LogP contribution in [-0.2, 0) is 16.0 Å². The molecule has 2 aromatic heterocycles. The third kappa shape index (κ3) is 3.88. The van der Waals surface area contributed by atoms with Gasteiger partial charge < -0.3 is 13.9 Å². The van der Waals surface area contributed by atoms with Crippen molar-refractivity contribution in [2.75, 3.05) is 6.61 Å². The minimum absolute atomic E-state index is 0.134. The van der Waals surface area contributed by atoms with Gasteiger partial charge in [-0.3, -0.25) is 4.79 Å². The predicted molar refractivity (Wildman–Crippen MR) is 104 cm³/mol. The summed E-state index contributed by atoms with van der Waals surface area (Å²) in [6.07, 6.45) is 1.31. The molecule has 0 saturated heterocycles. The molecule has 1 unspecified atom stereocenters. The summed E-state index contributed by atoms with van der Waals surface area (Å²) in [5.74, 6) is 0.0714. The van der Waals surface area contributed by atoms with Gasteiger partial charge in [0.05, 0.1) is 17.6 Å². The molecule has 6 nitrogen and oxygen atoms in total. The molecule has 0 aliphatic rings. The maximum Gasteiger partial charge on any atom is 0.347 e. The molecule has 1 atom stereocenters. The molecule has 0 aliphatic carbocycles. The topological polar surface area (TPSA) is 78.6 Å². The number of benzene rings is 1. The number of nitrogens with zero attached hydrogens (tertiary/aromatic N) is 1. The van der Waals surface area contributed by atoms with Gasteiger partial charge in [0.1, 0.15) is 22.6 Å². The molecule has 27 heavy (non-hydrogen) atoms. The van der Waals surface area contributed by atoms with E-state index in [1.807, 2.05) is 19.2 Å². The van der Waals surface area contributed by atoms with E-state index in [0.717, 1.165) is 11.3 Å². The Kier molecular flexibility index (Phi) is 5.60. The summed E-state index contributed by atoms with van der Waals surface area (Å²) < 4.78 is 16.4. The third-order valence-corrected chi connectivity index (χ3v) is 5.10. The van der Waals surface area contributed by atoms with Crippen LogP contribution in [0.4, 0.5) is 0 Å². The van der Waals surface area contributed by atoms with Crippen LogP contribution in [0.2, 0.25) is 0 Å². The van der Waals surface area contributed by atoms with E-state index in [-0.39, 0.29) is 5.43 Å². The Hall–Kier alpha value is -2.67. The Morgan fingerprint density at radius 1 is 1.33 bits per heavy atom. The van der Waals surface area contributed by atoms with Crippen molar-refractivity contribution in [3.63, 3.8) is 0 Å². The lowest BCUT2D eigenvalue weighted by atomic mass is 10.1. The van der Waals surface area contributed by atoms with E-state index >= 15 is 0 Å². The van der Waals surface area contributed by atoms with Crippen LogP contribution in [0.25, 0.3) is 21.5 Å². The number of thiazole rings is 1. The molecular weight excluding hydrogens is 366 g/mol. The van der Waals surface area contributed by atoms with Gasteiger partial charge in [-0.25, -0.2) is 9.78 Å². The summed E-state index contributed by atoms with van der Waals surface area (Å²) in [5, 5.41) is 3.00. The molecule has 0 saturated carbocycles. The number of aryl methyl sites for hydroxylation is 2. The summed E-state index contributed by atoms with van der Waals surface area (Å²) >= 11 is 1.41. The van der Waals surface area contributed by atoms with Crippen molar-refractivity contribution in [3.05, 3.63) is 45.3 Å². The van der Waals surface area contributed by atoms with Gasteiger partial charge in [0.25, 0.3) is 0 Å². The molecule has 0 radical (unpaired) electrons. The number of esters is 1. The summed E-state index contributed by atoms with van der Waals surface area (Å²) in [6, 6.07) is 3.42. The van der Waals surface area contributed by atoms with Gasteiger partial charge in [0.2, 0.25) is 5.43 Å². The van der Waals surface area contributed by atoms with Gasteiger partial charge in [-0.1, -0.05) is 6.92 Å². The quantitative estimate of drug-likeness (QED) is 0.592. The highest BCUT2D eigenvalue weighted by Gasteiger charge is 2.19. The number of fused-ring (bicyclic) bond motifs is 1. The standard InChI is InChI=1S/C20H21NO5S/c1-5-13-7-14-17(8-16(13)26-12(4)20(23)24-6-2)25-9-15(18(14)22)19-21-11(3)10-27-19/h7-10,12H,5-6H2,1-4H3. The number of aromatic nitrogens is 1. The van der Waals surface area contributed by atoms with Gasteiger partial charge in [0.15, 0.2) is 6.10 Å². The first-order valence-corrected chi connectivity index (χ1v) is 9.66. The highest BCUT2D eigenvalue weighted by molar-refractivity contribution is 7.13. The van der Waals surface area contributed by atoms with Crippen LogP contribution in [0.1, 0.15) is 32.0 Å². The van der Waals surface area contributed by atoms with Gasteiger partial charge >= 0.3 is 5.97 Å². The molecule has 7 heteroatoms. The number of hydrogen-bond acceptors (Lipinski definition) is 7. The van der Waals surface area contributed by atoms with Crippen LogP contribution in [0.5, 0.6) is 5.75 Å². The zero-order valence-corrected chi connectivity index (χ0v) is 16.5. The van der Waals surface area contributed by atoms with Crippen molar-refractivity contribution in [2.45, 2.75) is 40.2 Å². The maximum absolute atomic E-state index is 12.9. The van der Waals surface area contributed by atoms with Crippen LogP contribution in [0.3, 0.4) is 0 Å². The van der Waals surface area contributed by atoms with Crippen LogP contribution >= 0.6 is 11.3 Å². The van der Waals surface area contributed by atoms with Gasteiger partial charge in [-0.2, -0.15) is 0 Å². The molecule has 0 aliphatic heterocycles. The molecule has 3 rings (SSSR count). The number of rotatable bonds is 6. The van der Waals surface area contributed by atoms with Crippen LogP contribution in [0.15, 0.2) is 33.0 Å². The third-order valence-electron chi connectivity index (χ3n) is 4.11. The molecule has 0 fully saturated rings. The zero-order chi connectivity index (χ0) is 19.6. The van der Waals surface area contributed by atoms with E-state index in [1.54, 1.807) is 26.0 Å². The lowest BCUT2D eigenvalue weighted by Crippen LogP contribution is -2.26. The van der Waals surface area contributed by atoms with E-state index in [1.165, 1.54) is 17.6 Å². The van der Waals surface area contributed by atoms with Gasteiger partial charge in [-0.05, 0) is 38.8 Å². The van der Waals surface area contributed by atoms with Crippen molar-refractivity contribution in [3.8, 4) is 16.3 Å². The lowest BCUT2D eigenvalue weighted by molar-refractivity contribution is -0.150. The van der Waals surface area contributed by atoms with Crippen molar-refractivity contribution < 1.29 is 18.7 Å². The van der Waals surface area contributed by atoms with Crippen LogP contribution in [-0.4, -0.2) is 23.7 Å². The fourth-order valence-corrected chi connectivity index (χ4v) is 3.51. The van der Waals surface area contributed by atoms with Crippen LogP contribution in [0, 0.1) is 6.92 Å². The Balaban J connectivity index is 2.04. The number of carbonyl (C=O) groups excluding carboxylic acids is 1. The van der Waals surface area contributed by atoms with E-state index in [9.17, 15) is 9.59 Å². The molecule has 3 aromatic rings. The average molecular weight is 387 g/mol. The first-order valence-electron chi connectivity index (χ1n) is 8.78. The molecule has 0 bridgehead atoms. The molecule has 142 valence electrons. The maximum atomic E-state index is 12.9. The van der Waals surface area contributed by atoms with E-state index in [0.29, 0.717) is 40.3 Å². The smallest absolute Gasteiger partial charge is 0.347 e. The van der Waals surface area contributed by atoms with E-state index < -0.39 is 12.1 Å². The first kappa shape index (κ1) is 19.1. The Morgan fingerprint density at radius 2 is 2.11 bits per heavy atom. The summed E-state index contributed by atoms with van der Waals surface area (Å²) in [5.41, 5.74) is 2.39. The van der Waals surface area contributed by atoms with E-state index in [4.69, 9.17) is 13.9 Å². The van der Waals surface area contributed by atoms with Crippen molar-refractivity contribution in [1.82, 2.24) is 4.98 Å². The second-order valence-corrected chi connectivity index (χ2v) is 6.95. The van der Waals surface area contributed by atoms with Gasteiger partial charge in [0, 0.05) is 17.1 Å². The van der Waals surface area contributed by atoms with E-state index in [2.05, 4.69) is 4.98 Å². The highest BCUT2D eigenvalue weighted by atomic mass is 32.1. The molecule has 1 aromatic carbocycles. The van der Waals surface area contributed by atoms with Crippen LogP contribution < -0.4 is 10.2 Å². The van der Waals surface area contributed by atoms with Gasteiger partial charge in [-0.15, -0.1) is 11.3 Å². The van der Waals surface area contributed by atoms with Crippen molar-refractivity contribution >= 4 is 28.3 Å². The SMILES string of the molecule is CCOC(=O)C(C)Oc1cc2occ(-c3nc(C)cs3)c(=O)c2cc1CC. The highest BCUT2D eigenvalue weighted by Crippen LogP contribution is 2.29. The zero-order valence-electron chi connectivity index (χ0n) is 15.7. The van der Waals surface area contributed by atoms with Crippen molar-refractivity contribution in [1.29, 1.82) is 0 Å². The molecule has 0 amide bonds. The fourth-order valence-electron chi connectivity index (χ4n) is 2.71.